The van der Waals surface area contributed by atoms with E-state index in [2.05, 4.69) is 22.1 Å². The third kappa shape index (κ3) is 3.82. The van der Waals surface area contributed by atoms with Crippen molar-refractivity contribution in [2.24, 2.45) is 7.05 Å². The molecule has 1 saturated heterocycles. The number of hydrogen-bond acceptors (Lipinski definition) is 4. The maximum Gasteiger partial charge on any atom is 0.253 e. The van der Waals surface area contributed by atoms with Crippen LogP contribution in [0.3, 0.4) is 0 Å². The van der Waals surface area contributed by atoms with Crippen LogP contribution in [0.5, 0.6) is 11.5 Å². The molecule has 1 N–H and O–H groups in total. The van der Waals surface area contributed by atoms with Crippen LogP contribution in [0.15, 0.2) is 53.5 Å². The number of rotatable bonds is 4. The van der Waals surface area contributed by atoms with Gasteiger partial charge in [-0.05, 0) is 68.5 Å². The van der Waals surface area contributed by atoms with Crippen LogP contribution in [0.4, 0.5) is 0 Å². The molecule has 0 saturated carbocycles. The first-order chi connectivity index (χ1) is 15.5. The van der Waals surface area contributed by atoms with Gasteiger partial charge in [0.25, 0.3) is 5.56 Å². The molecule has 1 fully saturated rings. The van der Waals surface area contributed by atoms with E-state index in [1.807, 2.05) is 50.4 Å². The van der Waals surface area contributed by atoms with Crippen molar-refractivity contribution in [1.82, 2.24) is 14.5 Å². The van der Waals surface area contributed by atoms with Crippen molar-refractivity contribution in [2.75, 3.05) is 13.2 Å². The second-order valence-corrected chi connectivity index (χ2v) is 8.55. The number of pyridine rings is 1. The first-order valence-electron chi connectivity index (χ1n) is 11.0. The normalized spacial score (nSPS) is 14.7. The van der Waals surface area contributed by atoms with E-state index >= 15 is 0 Å². The number of fused-ring (bicyclic) bond motifs is 1. The summed E-state index contributed by atoms with van der Waals surface area (Å²) in [6.45, 7) is 5.42. The summed E-state index contributed by atoms with van der Waals surface area (Å²) in [5, 5.41) is 0. The number of aromatic amines is 1. The summed E-state index contributed by atoms with van der Waals surface area (Å²) in [6, 6.07) is 14.3. The Kier molecular flexibility index (Phi) is 5.31. The average Bonchev–Trinajstić information content (AvgIpc) is 3.19. The number of aromatic nitrogens is 3. The molecule has 4 aromatic rings. The second kappa shape index (κ2) is 8.28. The van der Waals surface area contributed by atoms with Gasteiger partial charge in [-0.2, -0.15) is 0 Å². The first kappa shape index (κ1) is 20.5. The van der Waals surface area contributed by atoms with E-state index < -0.39 is 0 Å². The highest BCUT2D eigenvalue weighted by molar-refractivity contribution is 5.91. The van der Waals surface area contributed by atoms with Crippen LogP contribution in [0.1, 0.15) is 35.7 Å². The van der Waals surface area contributed by atoms with Gasteiger partial charge in [-0.15, -0.1) is 0 Å². The minimum atomic E-state index is -0.00314. The summed E-state index contributed by atoms with van der Waals surface area (Å²) in [7, 11) is 1.77. The molecule has 2 aromatic carbocycles. The predicted molar refractivity (Wildman–Crippen MR) is 126 cm³/mol. The summed E-state index contributed by atoms with van der Waals surface area (Å²) in [4.78, 5) is 20.2. The number of imidazole rings is 1. The number of nitrogens with one attached hydrogen (secondary N) is 1. The fourth-order valence-electron chi connectivity index (χ4n) is 4.49. The SMILES string of the molecule is Cc1nc2c(Oc3ccc(C4CCOCC4)cc3)c(-c3cc(C)c(=O)n(C)c3)ccc2[nH]1. The van der Waals surface area contributed by atoms with Gasteiger partial charge in [-0.3, -0.25) is 4.79 Å². The zero-order valence-electron chi connectivity index (χ0n) is 18.6. The molecular weight excluding hydrogens is 402 g/mol. The number of nitrogens with zero attached hydrogens (tertiary/aromatic N) is 2. The van der Waals surface area contributed by atoms with Gasteiger partial charge >= 0.3 is 0 Å². The van der Waals surface area contributed by atoms with E-state index in [0.29, 0.717) is 17.2 Å². The smallest absolute Gasteiger partial charge is 0.253 e. The molecular formula is C26H27N3O3. The number of H-pyrrole nitrogens is 1. The Morgan fingerprint density at radius 3 is 2.56 bits per heavy atom. The predicted octanol–water partition coefficient (Wildman–Crippen LogP) is 5.23. The summed E-state index contributed by atoms with van der Waals surface area (Å²) in [5.41, 5.74) is 5.52. The maximum absolute atomic E-state index is 12.2. The Morgan fingerprint density at radius 1 is 1.09 bits per heavy atom. The highest BCUT2D eigenvalue weighted by atomic mass is 16.5. The monoisotopic (exact) mass is 429 g/mol. The van der Waals surface area contributed by atoms with Gasteiger partial charge in [-0.1, -0.05) is 12.1 Å². The van der Waals surface area contributed by atoms with E-state index in [0.717, 1.165) is 59.8 Å². The summed E-state index contributed by atoms with van der Waals surface area (Å²) < 4.78 is 13.5. The number of aryl methyl sites for hydroxylation is 3. The Bertz CT molecular complexity index is 1300. The average molecular weight is 430 g/mol. The molecule has 1 aliphatic heterocycles. The van der Waals surface area contributed by atoms with Gasteiger partial charge in [0, 0.05) is 43.1 Å². The Labute approximate surface area is 186 Å². The molecule has 0 amide bonds. The molecule has 0 aliphatic carbocycles. The molecule has 0 bridgehead atoms. The molecule has 0 unspecified atom stereocenters. The molecule has 6 nitrogen and oxygen atoms in total. The van der Waals surface area contributed by atoms with Crippen LogP contribution in [0.25, 0.3) is 22.2 Å². The third-order valence-corrected chi connectivity index (χ3v) is 6.19. The lowest BCUT2D eigenvalue weighted by Crippen LogP contribution is -2.18. The van der Waals surface area contributed by atoms with Crippen LogP contribution in [-0.2, 0) is 11.8 Å². The van der Waals surface area contributed by atoms with Gasteiger partial charge in [-0.25, -0.2) is 4.98 Å². The van der Waals surface area contributed by atoms with Gasteiger partial charge in [0.2, 0.25) is 0 Å². The maximum atomic E-state index is 12.2. The first-order valence-corrected chi connectivity index (χ1v) is 11.0. The lowest BCUT2D eigenvalue weighted by Gasteiger charge is -2.22. The lowest BCUT2D eigenvalue weighted by atomic mass is 9.92. The van der Waals surface area contributed by atoms with Crippen molar-refractivity contribution in [3.63, 3.8) is 0 Å². The van der Waals surface area contributed by atoms with E-state index in [1.165, 1.54) is 5.56 Å². The Morgan fingerprint density at radius 2 is 1.84 bits per heavy atom. The van der Waals surface area contributed by atoms with Gasteiger partial charge in [0.1, 0.15) is 17.1 Å². The standard InChI is InChI=1S/C26H27N3O3/c1-16-14-20(15-29(3)26(16)30)22-8-9-23-24(28-17(2)27-23)25(22)32-21-6-4-18(5-7-21)19-10-12-31-13-11-19/h4-9,14-15,19H,10-13H2,1-3H3,(H,27,28). The third-order valence-electron chi connectivity index (χ3n) is 6.19. The number of ether oxygens (including phenoxy) is 2. The van der Waals surface area contributed by atoms with Crippen LogP contribution in [-0.4, -0.2) is 27.7 Å². The largest absolute Gasteiger partial charge is 0.454 e. The van der Waals surface area contributed by atoms with Crippen molar-refractivity contribution in [2.45, 2.75) is 32.6 Å². The zero-order valence-corrected chi connectivity index (χ0v) is 18.6. The highest BCUT2D eigenvalue weighted by Crippen LogP contribution is 2.39. The molecule has 0 spiro atoms. The lowest BCUT2D eigenvalue weighted by molar-refractivity contribution is 0.0853. The number of hydrogen-bond donors (Lipinski definition) is 1. The van der Waals surface area contributed by atoms with Crippen LogP contribution in [0, 0.1) is 13.8 Å². The van der Waals surface area contributed by atoms with E-state index in [-0.39, 0.29) is 5.56 Å². The molecule has 1 aliphatic rings. The minimum Gasteiger partial charge on any atom is -0.454 e. The second-order valence-electron chi connectivity index (χ2n) is 8.55. The molecule has 5 rings (SSSR count). The van der Waals surface area contributed by atoms with Crippen molar-refractivity contribution in [3.05, 3.63) is 76.0 Å². The molecule has 32 heavy (non-hydrogen) atoms. The molecule has 0 radical (unpaired) electrons. The highest BCUT2D eigenvalue weighted by Gasteiger charge is 2.18. The molecule has 3 heterocycles. The fraction of sp³-hybridized carbons (Fsp3) is 0.308. The van der Waals surface area contributed by atoms with Gasteiger partial charge in [0.15, 0.2) is 5.75 Å². The van der Waals surface area contributed by atoms with E-state index in [9.17, 15) is 4.79 Å². The quantitative estimate of drug-likeness (QED) is 0.482. The van der Waals surface area contributed by atoms with Crippen molar-refractivity contribution >= 4 is 11.0 Å². The minimum absolute atomic E-state index is 0.00314. The van der Waals surface area contributed by atoms with Crippen LogP contribution >= 0.6 is 0 Å². The fourth-order valence-corrected chi connectivity index (χ4v) is 4.49. The summed E-state index contributed by atoms with van der Waals surface area (Å²) >= 11 is 0. The van der Waals surface area contributed by atoms with E-state index in [1.54, 1.807) is 11.6 Å². The Balaban J connectivity index is 1.56. The van der Waals surface area contributed by atoms with Crippen LogP contribution < -0.4 is 10.3 Å². The van der Waals surface area contributed by atoms with Crippen molar-refractivity contribution in [3.8, 4) is 22.6 Å². The van der Waals surface area contributed by atoms with Crippen molar-refractivity contribution < 1.29 is 9.47 Å². The van der Waals surface area contributed by atoms with Gasteiger partial charge in [0.05, 0.1) is 5.52 Å². The molecule has 2 aromatic heterocycles. The Hall–Kier alpha value is -3.38. The number of benzene rings is 2. The van der Waals surface area contributed by atoms with Gasteiger partial charge < -0.3 is 19.0 Å². The topological polar surface area (TPSA) is 69.1 Å². The molecule has 164 valence electrons. The zero-order chi connectivity index (χ0) is 22.2. The summed E-state index contributed by atoms with van der Waals surface area (Å²) in [6.07, 6.45) is 3.96. The van der Waals surface area contributed by atoms with Crippen molar-refractivity contribution in [1.29, 1.82) is 0 Å². The summed E-state index contributed by atoms with van der Waals surface area (Å²) in [5.74, 6) is 2.81. The molecule has 0 atom stereocenters. The van der Waals surface area contributed by atoms with E-state index in [4.69, 9.17) is 9.47 Å². The molecule has 6 heteroatoms. The van der Waals surface area contributed by atoms with Crippen LogP contribution in [0.2, 0.25) is 0 Å².